The minimum Gasteiger partial charge on any atom is -0.494 e. The van der Waals surface area contributed by atoms with Crippen molar-refractivity contribution in [2.24, 2.45) is 5.92 Å². The molecule has 1 aliphatic rings. The van der Waals surface area contributed by atoms with Crippen LogP contribution in [0.25, 0.3) is 0 Å². The standard InChI is InChI=1S/C38H47FN4O6/c1-26-12-15-32(49-20-18-29-10-6-19-40-24-29)22-30(26)25-41-37(47)33(16-13-27-7-3-2-4-8-27)43-38(48)34(23-36(45)46)42-35(44)17-14-28-9-5-11-31(39)21-28/h2-5,7-9,11-12,15,21-22,29,33-34,40H,6,10,13-14,16-20,23-25H2,1H3,(H,41,47)(H,42,44)(H,43,48)(H,45,46)/t29?,33-,34-/m0/s1. The molecule has 1 aliphatic heterocycles. The zero-order valence-corrected chi connectivity index (χ0v) is 28.0. The molecule has 0 saturated carbocycles. The highest BCUT2D eigenvalue weighted by Crippen LogP contribution is 2.20. The van der Waals surface area contributed by atoms with Crippen LogP contribution in [-0.2, 0) is 38.6 Å². The molecule has 49 heavy (non-hydrogen) atoms. The van der Waals surface area contributed by atoms with Gasteiger partial charge in [-0.2, -0.15) is 0 Å². The van der Waals surface area contributed by atoms with E-state index in [1.807, 2.05) is 55.5 Å². The number of halogens is 1. The summed E-state index contributed by atoms with van der Waals surface area (Å²) in [7, 11) is 0. The molecule has 3 atom stereocenters. The van der Waals surface area contributed by atoms with Crippen molar-refractivity contribution in [1.82, 2.24) is 21.3 Å². The molecule has 0 aliphatic carbocycles. The quantitative estimate of drug-likeness (QED) is 0.136. The van der Waals surface area contributed by atoms with Crippen molar-refractivity contribution >= 4 is 23.7 Å². The Morgan fingerprint density at radius 3 is 2.47 bits per heavy atom. The van der Waals surface area contributed by atoms with Crippen LogP contribution >= 0.6 is 0 Å². The van der Waals surface area contributed by atoms with Gasteiger partial charge in [-0.1, -0.05) is 48.5 Å². The molecule has 3 aromatic rings. The molecule has 5 N–H and O–H groups in total. The number of carbonyl (C=O) groups is 4. The maximum Gasteiger partial charge on any atom is 0.305 e. The van der Waals surface area contributed by atoms with Crippen LogP contribution in [0.2, 0.25) is 0 Å². The predicted molar refractivity (Wildman–Crippen MR) is 184 cm³/mol. The molecule has 0 spiro atoms. The first kappa shape index (κ1) is 37.1. The van der Waals surface area contributed by atoms with Crippen molar-refractivity contribution < 1.29 is 33.4 Å². The fourth-order valence-electron chi connectivity index (χ4n) is 5.84. The number of benzene rings is 3. The Hall–Kier alpha value is -4.77. The number of carboxylic acid groups (broad SMARTS) is 1. The van der Waals surface area contributed by atoms with Gasteiger partial charge in [0.1, 0.15) is 23.7 Å². The summed E-state index contributed by atoms with van der Waals surface area (Å²) in [4.78, 5) is 51.3. The minimum absolute atomic E-state index is 0.0787. The summed E-state index contributed by atoms with van der Waals surface area (Å²) < 4.78 is 19.6. The SMILES string of the molecule is Cc1ccc(OCCC2CCCNC2)cc1CNC(=O)[C@H](CCc1ccccc1)NC(=O)[C@H](CC(=O)O)NC(=O)CCc1cccc(F)c1. The highest BCUT2D eigenvalue weighted by molar-refractivity contribution is 5.94. The Morgan fingerprint density at radius 1 is 0.939 bits per heavy atom. The number of rotatable bonds is 18. The molecular weight excluding hydrogens is 627 g/mol. The van der Waals surface area contributed by atoms with Gasteiger partial charge in [-0.05, 0) is 111 Å². The maximum atomic E-state index is 13.6. The molecule has 4 rings (SSSR count). The van der Waals surface area contributed by atoms with E-state index in [0.717, 1.165) is 42.0 Å². The van der Waals surface area contributed by atoms with Crippen molar-refractivity contribution in [3.63, 3.8) is 0 Å². The molecule has 0 aromatic heterocycles. The van der Waals surface area contributed by atoms with Crippen molar-refractivity contribution in [3.05, 3.63) is 101 Å². The number of hydrogen-bond donors (Lipinski definition) is 5. The highest BCUT2D eigenvalue weighted by Gasteiger charge is 2.28. The third kappa shape index (κ3) is 13.0. The maximum absolute atomic E-state index is 13.6. The van der Waals surface area contributed by atoms with Gasteiger partial charge in [-0.25, -0.2) is 4.39 Å². The van der Waals surface area contributed by atoms with Crippen LogP contribution in [0.4, 0.5) is 4.39 Å². The predicted octanol–water partition coefficient (Wildman–Crippen LogP) is 4.23. The fourth-order valence-corrected chi connectivity index (χ4v) is 5.84. The Morgan fingerprint density at radius 2 is 1.73 bits per heavy atom. The molecular formula is C38H47FN4O6. The number of aliphatic carboxylic acids is 1. The molecule has 0 radical (unpaired) electrons. The summed E-state index contributed by atoms with van der Waals surface area (Å²) in [5.41, 5.74) is 3.40. The molecule has 11 heteroatoms. The second-order valence-corrected chi connectivity index (χ2v) is 12.6. The van der Waals surface area contributed by atoms with Crippen molar-refractivity contribution in [2.75, 3.05) is 19.7 Å². The number of nitrogens with one attached hydrogen (secondary N) is 4. The van der Waals surface area contributed by atoms with Gasteiger partial charge in [-0.15, -0.1) is 0 Å². The van der Waals surface area contributed by atoms with E-state index < -0.39 is 48.0 Å². The van der Waals surface area contributed by atoms with E-state index in [4.69, 9.17) is 4.74 Å². The van der Waals surface area contributed by atoms with Crippen LogP contribution in [0.1, 0.15) is 60.8 Å². The van der Waals surface area contributed by atoms with Gasteiger partial charge in [0.25, 0.3) is 0 Å². The lowest BCUT2D eigenvalue weighted by Gasteiger charge is -2.23. The van der Waals surface area contributed by atoms with Crippen LogP contribution in [-0.4, -0.2) is 60.6 Å². The summed E-state index contributed by atoms with van der Waals surface area (Å²) in [5, 5.41) is 21.0. The zero-order valence-electron chi connectivity index (χ0n) is 28.0. The molecule has 1 heterocycles. The number of aryl methyl sites for hydroxylation is 3. The van der Waals surface area contributed by atoms with Gasteiger partial charge in [0.2, 0.25) is 17.7 Å². The van der Waals surface area contributed by atoms with Crippen molar-refractivity contribution in [3.8, 4) is 5.75 Å². The fraction of sp³-hybridized carbons (Fsp3) is 0.421. The highest BCUT2D eigenvalue weighted by atomic mass is 19.1. The molecule has 1 saturated heterocycles. The van der Waals surface area contributed by atoms with Gasteiger partial charge >= 0.3 is 5.97 Å². The van der Waals surface area contributed by atoms with E-state index >= 15 is 0 Å². The topological polar surface area (TPSA) is 146 Å². The first-order valence-electron chi connectivity index (χ1n) is 17.0. The van der Waals surface area contributed by atoms with E-state index in [2.05, 4.69) is 21.3 Å². The second kappa shape index (κ2) is 19.3. The lowest BCUT2D eigenvalue weighted by Crippen LogP contribution is -2.54. The molecule has 262 valence electrons. The van der Waals surface area contributed by atoms with Crippen LogP contribution in [0, 0.1) is 18.7 Å². The van der Waals surface area contributed by atoms with E-state index in [0.29, 0.717) is 24.5 Å². The first-order valence-corrected chi connectivity index (χ1v) is 17.0. The smallest absolute Gasteiger partial charge is 0.305 e. The van der Waals surface area contributed by atoms with Crippen molar-refractivity contribution in [2.45, 2.75) is 76.9 Å². The van der Waals surface area contributed by atoms with Crippen molar-refractivity contribution in [1.29, 1.82) is 0 Å². The lowest BCUT2D eigenvalue weighted by molar-refractivity contribution is -0.141. The summed E-state index contributed by atoms with van der Waals surface area (Å²) in [5.74, 6) is -2.18. The third-order valence-corrected chi connectivity index (χ3v) is 8.73. The number of amides is 3. The Kier molecular flexibility index (Phi) is 14.6. The number of piperidine rings is 1. The molecule has 3 aromatic carbocycles. The van der Waals surface area contributed by atoms with Gasteiger partial charge < -0.3 is 31.1 Å². The zero-order chi connectivity index (χ0) is 35.0. The van der Waals surface area contributed by atoms with E-state index in [-0.39, 0.29) is 25.8 Å². The molecule has 1 fully saturated rings. The Bertz CT molecular complexity index is 1550. The first-order chi connectivity index (χ1) is 23.7. The minimum atomic E-state index is -1.41. The number of ether oxygens (including phenoxy) is 1. The summed E-state index contributed by atoms with van der Waals surface area (Å²) in [6.45, 7) is 4.83. The normalized spacial score (nSPS) is 15.4. The lowest BCUT2D eigenvalue weighted by atomic mass is 9.97. The third-order valence-electron chi connectivity index (χ3n) is 8.73. The average Bonchev–Trinajstić information content (AvgIpc) is 3.09. The number of carboxylic acids is 1. The molecule has 10 nitrogen and oxygen atoms in total. The van der Waals surface area contributed by atoms with Crippen LogP contribution in [0.5, 0.6) is 5.75 Å². The van der Waals surface area contributed by atoms with E-state index in [9.17, 15) is 28.7 Å². The summed E-state index contributed by atoms with van der Waals surface area (Å²) >= 11 is 0. The largest absolute Gasteiger partial charge is 0.494 e. The van der Waals surface area contributed by atoms with Gasteiger partial charge in [-0.3, -0.25) is 19.2 Å². The Balaban J connectivity index is 1.38. The van der Waals surface area contributed by atoms with Gasteiger partial charge in [0.05, 0.1) is 13.0 Å². The molecule has 0 bridgehead atoms. The van der Waals surface area contributed by atoms with Gasteiger partial charge in [0, 0.05) is 13.0 Å². The summed E-state index contributed by atoms with van der Waals surface area (Å²) in [6, 6.07) is 18.7. The van der Waals surface area contributed by atoms with Crippen LogP contribution in [0.3, 0.4) is 0 Å². The monoisotopic (exact) mass is 674 g/mol. The van der Waals surface area contributed by atoms with Gasteiger partial charge in [0.15, 0.2) is 0 Å². The second-order valence-electron chi connectivity index (χ2n) is 12.6. The number of hydrogen-bond acceptors (Lipinski definition) is 6. The van der Waals surface area contributed by atoms with Crippen LogP contribution in [0.15, 0.2) is 72.8 Å². The Labute approximate surface area is 287 Å². The molecule has 1 unspecified atom stereocenters. The van der Waals surface area contributed by atoms with E-state index in [1.165, 1.54) is 31.0 Å². The van der Waals surface area contributed by atoms with E-state index in [1.54, 1.807) is 6.07 Å². The van der Waals surface area contributed by atoms with Crippen LogP contribution < -0.4 is 26.0 Å². The average molecular weight is 675 g/mol. The summed E-state index contributed by atoms with van der Waals surface area (Å²) in [6.07, 6.45) is 3.51. The molecule has 3 amide bonds. The number of carbonyl (C=O) groups excluding carboxylic acids is 3.